The summed E-state index contributed by atoms with van der Waals surface area (Å²) in [6.07, 6.45) is -1.72. The minimum absolute atomic E-state index is 0.0688. The first-order valence-electron chi connectivity index (χ1n) is 6.88. The number of benzene rings is 1. The van der Waals surface area contributed by atoms with Gasteiger partial charge in [0.15, 0.2) is 0 Å². The van der Waals surface area contributed by atoms with Crippen molar-refractivity contribution in [1.29, 1.82) is 0 Å². The summed E-state index contributed by atoms with van der Waals surface area (Å²) in [5.74, 6) is -3.99. The van der Waals surface area contributed by atoms with Crippen LogP contribution >= 0.6 is 11.6 Å². The van der Waals surface area contributed by atoms with Crippen molar-refractivity contribution in [3.05, 3.63) is 41.1 Å². The van der Waals surface area contributed by atoms with E-state index >= 15 is 0 Å². The normalized spacial score (nSPS) is 12.8. The first kappa shape index (κ1) is 17.3. The lowest BCUT2D eigenvalue weighted by molar-refractivity contribution is 0.130. The Morgan fingerprint density at radius 3 is 2.36 bits per heavy atom. The molecule has 5 nitrogen and oxygen atoms in total. The number of aromatic nitrogens is 4. The van der Waals surface area contributed by atoms with Gasteiger partial charge in [0, 0.05) is 12.1 Å². The smallest absolute Gasteiger partial charge is 0.258 e. The van der Waals surface area contributed by atoms with Crippen molar-refractivity contribution in [1.82, 2.24) is 19.6 Å². The van der Waals surface area contributed by atoms with Crippen LogP contribution < -0.4 is 5.32 Å². The van der Waals surface area contributed by atoms with Gasteiger partial charge in [0.25, 0.3) is 12.2 Å². The van der Waals surface area contributed by atoms with Crippen molar-refractivity contribution in [3.8, 4) is 11.1 Å². The predicted molar refractivity (Wildman–Crippen MR) is 80.2 cm³/mol. The van der Waals surface area contributed by atoms with Gasteiger partial charge in [0.2, 0.25) is 0 Å². The lowest BCUT2D eigenvalue weighted by Crippen LogP contribution is -2.26. The van der Waals surface area contributed by atoms with Gasteiger partial charge in [0.05, 0.1) is 17.2 Å². The van der Waals surface area contributed by atoms with E-state index in [0.717, 1.165) is 17.8 Å². The second kappa shape index (κ2) is 6.43. The second-order valence-corrected chi connectivity index (χ2v) is 5.47. The number of nitrogens with zero attached hydrogens (tertiary/aromatic N) is 4. The maximum atomic E-state index is 14.2. The summed E-state index contributed by atoms with van der Waals surface area (Å²) in [7, 11) is 0. The Morgan fingerprint density at radius 1 is 1.12 bits per heavy atom. The van der Waals surface area contributed by atoms with Gasteiger partial charge in [-0.2, -0.15) is 19.6 Å². The topological polar surface area (TPSA) is 55.1 Å². The lowest BCUT2D eigenvalue weighted by Gasteiger charge is -2.19. The Hall–Kier alpha value is -2.49. The highest BCUT2D eigenvalue weighted by atomic mass is 35.5. The maximum Gasteiger partial charge on any atom is 0.258 e. The Bertz CT molecular complexity index is 922. The summed E-state index contributed by atoms with van der Waals surface area (Å²) in [6.45, 7) is 1.16. The Balaban J connectivity index is 2.32. The van der Waals surface area contributed by atoms with Gasteiger partial charge in [-0.25, -0.2) is 22.0 Å². The summed E-state index contributed by atoms with van der Waals surface area (Å²) in [4.78, 5) is 7.60. The number of fused-ring (bicyclic) bond motifs is 1. The van der Waals surface area contributed by atoms with Crippen LogP contribution in [0.2, 0.25) is 5.15 Å². The molecule has 0 aliphatic carbocycles. The monoisotopic (exact) mass is 377 g/mol. The first-order chi connectivity index (χ1) is 11.8. The first-order valence-corrected chi connectivity index (χ1v) is 7.26. The zero-order valence-corrected chi connectivity index (χ0v) is 13.2. The van der Waals surface area contributed by atoms with Gasteiger partial charge in [0.1, 0.15) is 34.7 Å². The van der Waals surface area contributed by atoms with Gasteiger partial charge in [-0.05, 0) is 6.92 Å². The van der Waals surface area contributed by atoms with E-state index in [1.165, 1.54) is 0 Å². The van der Waals surface area contributed by atoms with Gasteiger partial charge in [-0.15, -0.1) is 0 Å². The van der Waals surface area contributed by atoms with E-state index in [4.69, 9.17) is 11.6 Å². The Kier molecular flexibility index (Phi) is 4.46. The third kappa shape index (κ3) is 3.09. The Morgan fingerprint density at radius 2 is 1.76 bits per heavy atom. The number of halogens is 6. The van der Waals surface area contributed by atoms with Crippen LogP contribution in [0.25, 0.3) is 16.9 Å². The van der Waals surface area contributed by atoms with Crippen molar-refractivity contribution in [2.24, 2.45) is 0 Å². The molecule has 2 aromatic heterocycles. The summed E-state index contributed by atoms with van der Waals surface area (Å²) in [5.41, 5.74) is -1.09. The summed E-state index contributed by atoms with van der Waals surface area (Å²) in [5, 5.41) is 5.79. The van der Waals surface area contributed by atoms with E-state index < -0.39 is 40.6 Å². The molecule has 0 fully saturated rings. The van der Waals surface area contributed by atoms with E-state index in [0.29, 0.717) is 12.1 Å². The molecule has 0 aliphatic heterocycles. The minimum atomic E-state index is -2.79. The molecule has 3 rings (SSSR count). The molecule has 2 heterocycles. The van der Waals surface area contributed by atoms with E-state index in [9.17, 15) is 22.0 Å². The molecule has 0 aliphatic rings. The second-order valence-electron chi connectivity index (χ2n) is 5.11. The fraction of sp³-hybridized carbons (Fsp3) is 0.214. The third-order valence-electron chi connectivity index (χ3n) is 3.38. The van der Waals surface area contributed by atoms with Crippen LogP contribution in [-0.2, 0) is 0 Å². The molecule has 0 amide bonds. The van der Waals surface area contributed by atoms with Crippen molar-refractivity contribution >= 4 is 23.2 Å². The molecular formula is C14H9ClF5N5. The zero-order chi connectivity index (χ0) is 18.3. The number of rotatable bonds is 4. The number of nitrogens with one attached hydrogen (secondary N) is 1. The highest BCUT2D eigenvalue weighted by molar-refractivity contribution is 6.33. The van der Waals surface area contributed by atoms with Crippen LogP contribution in [0, 0.1) is 17.5 Å². The molecule has 1 N–H and O–H groups in total. The number of alkyl halides is 2. The number of hydrogen-bond donors (Lipinski definition) is 1. The lowest BCUT2D eigenvalue weighted by atomic mass is 10.1. The molecule has 1 atom stereocenters. The van der Waals surface area contributed by atoms with Crippen molar-refractivity contribution in [2.45, 2.75) is 19.4 Å². The quantitative estimate of drug-likeness (QED) is 0.553. The standard InChI is InChI=1S/C14H9ClF5N5/c1-5(12(19)20)23-13-10(9-7(17)2-6(16)3-8(9)18)11(15)24-14-21-4-22-25(13)14/h2-5,12,23H,1H3. The predicted octanol–water partition coefficient (Wildman–Crippen LogP) is 3.93. The number of hydrogen-bond acceptors (Lipinski definition) is 4. The molecule has 0 radical (unpaired) electrons. The molecule has 3 aromatic rings. The van der Waals surface area contributed by atoms with Crippen molar-refractivity contribution in [3.63, 3.8) is 0 Å². The summed E-state index contributed by atoms with van der Waals surface area (Å²) >= 11 is 6.00. The molecule has 132 valence electrons. The molecule has 11 heteroatoms. The molecular weight excluding hydrogens is 369 g/mol. The van der Waals surface area contributed by atoms with Gasteiger partial charge < -0.3 is 5.32 Å². The van der Waals surface area contributed by atoms with E-state index in [2.05, 4.69) is 20.4 Å². The SMILES string of the molecule is CC(Nc1c(-c2c(F)cc(F)cc2F)c(Cl)nc2ncnn12)C(F)F. The summed E-state index contributed by atoms with van der Waals surface area (Å²) in [6, 6.07) is -0.516. The van der Waals surface area contributed by atoms with Crippen LogP contribution in [-0.4, -0.2) is 32.0 Å². The maximum absolute atomic E-state index is 14.2. The van der Waals surface area contributed by atoms with Crippen LogP contribution in [0.5, 0.6) is 0 Å². The third-order valence-corrected chi connectivity index (χ3v) is 3.66. The van der Waals surface area contributed by atoms with Crippen LogP contribution in [0.15, 0.2) is 18.5 Å². The van der Waals surface area contributed by atoms with Gasteiger partial charge in [-0.1, -0.05) is 11.6 Å². The molecule has 0 bridgehead atoms. The average Bonchev–Trinajstić information content (AvgIpc) is 2.96. The largest absolute Gasteiger partial charge is 0.361 e. The van der Waals surface area contributed by atoms with E-state index in [1.807, 2.05) is 0 Å². The zero-order valence-electron chi connectivity index (χ0n) is 12.4. The Labute approximate surface area is 142 Å². The molecule has 0 saturated carbocycles. The average molecular weight is 378 g/mol. The van der Waals surface area contributed by atoms with Crippen LogP contribution in [0.4, 0.5) is 27.8 Å². The molecule has 0 saturated heterocycles. The molecule has 1 aromatic carbocycles. The minimum Gasteiger partial charge on any atom is -0.361 e. The van der Waals surface area contributed by atoms with Crippen LogP contribution in [0.3, 0.4) is 0 Å². The fourth-order valence-corrected chi connectivity index (χ4v) is 2.49. The molecule has 1 unspecified atom stereocenters. The van der Waals surface area contributed by atoms with Gasteiger partial charge in [-0.3, -0.25) is 0 Å². The van der Waals surface area contributed by atoms with Gasteiger partial charge >= 0.3 is 0 Å². The van der Waals surface area contributed by atoms with E-state index in [-0.39, 0.29) is 17.2 Å². The van der Waals surface area contributed by atoms with Crippen LogP contribution in [0.1, 0.15) is 6.92 Å². The summed E-state index contributed by atoms with van der Waals surface area (Å²) < 4.78 is 68.4. The molecule has 0 spiro atoms. The van der Waals surface area contributed by atoms with Crippen molar-refractivity contribution in [2.75, 3.05) is 5.32 Å². The fourth-order valence-electron chi connectivity index (χ4n) is 2.23. The highest BCUT2D eigenvalue weighted by Crippen LogP contribution is 2.38. The van der Waals surface area contributed by atoms with Crippen molar-refractivity contribution < 1.29 is 22.0 Å². The van der Waals surface area contributed by atoms with E-state index in [1.54, 1.807) is 0 Å². The molecule has 25 heavy (non-hydrogen) atoms. The highest BCUT2D eigenvalue weighted by Gasteiger charge is 2.26. The number of anilines is 1.